The van der Waals surface area contributed by atoms with Crippen molar-refractivity contribution in [3.63, 3.8) is 0 Å². The topological polar surface area (TPSA) is 35.5 Å². The summed E-state index contributed by atoms with van der Waals surface area (Å²) < 4.78 is 10.6. The van der Waals surface area contributed by atoms with Crippen molar-refractivity contribution in [3.8, 4) is 0 Å². The van der Waals surface area contributed by atoms with E-state index in [-0.39, 0.29) is 5.97 Å². The van der Waals surface area contributed by atoms with Gasteiger partial charge >= 0.3 is 5.97 Å². The average molecular weight is 266 g/mol. The Hall–Kier alpha value is -2.39. The summed E-state index contributed by atoms with van der Waals surface area (Å²) in [6, 6.07) is 19.2. The number of ether oxygens (including phenoxy) is 2. The highest BCUT2D eigenvalue weighted by Crippen LogP contribution is 2.37. The Morgan fingerprint density at radius 3 is 2.00 bits per heavy atom. The van der Waals surface area contributed by atoms with Crippen molar-refractivity contribution in [1.29, 1.82) is 0 Å². The van der Waals surface area contributed by atoms with E-state index in [4.69, 9.17) is 9.47 Å². The van der Waals surface area contributed by atoms with Crippen LogP contribution in [0.3, 0.4) is 0 Å². The molecule has 3 nitrogen and oxygen atoms in total. The quantitative estimate of drug-likeness (QED) is 0.801. The van der Waals surface area contributed by atoms with Crippen molar-refractivity contribution < 1.29 is 14.3 Å². The molecule has 100 valence electrons. The standard InChI is InChI=1S/C17H14O3/c1-19-17-15(13-10-6-3-7-11-13)14(16(18)20-17)12-8-4-2-5-9-12/h2-11,17H,1H3. The first kappa shape index (κ1) is 12.6. The van der Waals surface area contributed by atoms with Crippen LogP contribution in [0.1, 0.15) is 11.1 Å². The average Bonchev–Trinajstić information content (AvgIpc) is 2.85. The molecule has 0 spiro atoms. The zero-order valence-corrected chi connectivity index (χ0v) is 11.1. The maximum atomic E-state index is 12.2. The van der Waals surface area contributed by atoms with Gasteiger partial charge in [0.25, 0.3) is 0 Å². The normalized spacial score (nSPS) is 18.2. The summed E-state index contributed by atoms with van der Waals surface area (Å²) in [6.45, 7) is 0. The number of benzene rings is 2. The molecule has 3 rings (SSSR count). The fourth-order valence-electron chi connectivity index (χ4n) is 2.39. The Kier molecular flexibility index (Phi) is 3.35. The molecule has 0 saturated heterocycles. The molecule has 0 fully saturated rings. The molecule has 1 heterocycles. The summed E-state index contributed by atoms with van der Waals surface area (Å²) in [7, 11) is 1.54. The maximum Gasteiger partial charge on any atom is 0.341 e. The summed E-state index contributed by atoms with van der Waals surface area (Å²) in [5, 5.41) is 0. The second-order valence-electron chi connectivity index (χ2n) is 4.49. The molecule has 2 aromatic rings. The molecular weight excluding hydrogens is 252 g/mol. The van der Waals surface area contributed by atoms with Crippen LogP contribution in [-0.4, -0.2) is 19.4 Å². The summed E-state index contributed by atoms with van der Waals surface area (Å²) in [4.78, 5) is 12.2. The van der Waals surface area contributed by atoms with E-state index >= 15 is 0 Å². The number of hydrogen-bond donors (Lipinski definition) is 0. The summed E-state index contributed by atoms with van der Waals surface area (Å²) >= 11 is 0. The summed E-state index contributed by atoms with van der Waals surface area (Å²) in [5.74, 6) is -0.345. The minimum Gasteiger partial charge on any atom is -0.428 e. The smallest absolute Gasteiger partial charge is 0.341 e. The lowest BCUT2D eigenvalue weighted by molar-refractivity contribution is -0.152. The van der Waals surface area contributed by atoms with Crippen LogP contribution in [0.2, 0.25) is 0 Å². The second kappa shape index (κ2) is 5.31. The van der Waals surface area contributed by atoms with Crippen LogP contribution in [0, 0.1) is 0 Å². The van der Waals surface area contributed by atoms with E-state index in [1.165, 1.54) is 7.11 Å². The largest absolute Gasteiger partial charge is 0.428 e. The van der Waals surface area contributed by atoms with Crippen LogP contribution in [0.4, 0.5) is 0 Å². The van der Waals surface area contributed by atoms with Crippen LogP contribution in [0.15, 0.2) is 60.7 Å². The lowest BCUT2D eigenvalue weighted by atomic mass is 9.96. The van der Waals surface area contributed by atoms with Crippen molar-refractivity contribution in [2.24, 2.45) is 0 Å². The number of esters is 1. The van der Waals surface area contributed by atoms with E-state index < -0.39 is 6.29 Å². The highest BCUT2D eigenvalue weighted by atomic mass is 16.7. The molecule has 0 N–H and O–H groups in total. The van der Waals surface area contributed by atoms with E-state index in [0.717, 1.165) is 16.7 Å². The zero-order valence-electron chi connectivity index (χ0n) is 11.1. The second-order valence-corrected chi connectivity index (χ2v) is 4.49. The molecule has 1 unspecified atom stereocenters. The predicted molar refractivity (Wildman–Crippen MR) is 76.6 cm³/mol. The molecular formula is C17H14O3. The van der Waals surface area contributed by atoms with E-state index in [9.17, 15) is 4.79 Å². The van der Waals surface area contributed by atoms with E-state index in [1.807, 2.05) is 60.7 Å². The van der Waals surface area contributed by atoms with E-state index in [2.05, 4.69) is 0 Å². The van der Waals surface area contributed by atoms with Gasteiger partial charge in [0, 0.05) is 12.7 Å². The minimum absolute atomic E-state index is 0.345. The van der Waals surface area contributed by atoms with Crippen molar-refractivity contribution >= 4 is 17.1 Å². The molecule has 0 aliphatic carbocycles. The SMILES string of the molecule is COC1OC(=O)C(c2ccccc2)=C1c1ccccc1. The van der Waals surface area contributed by atoms with E-state index in [1.54, 1.807) is 0 Å². The van der Waals surface area contributed by atoms with Crippen LogP contribution >= 0.6 is 0 Å². The van der Waals surface area contributed by atoms with Gasteiger partial charge in [-0.05, 0) is 11.1 Å². The van der Waals surface area contributed by atoms with Gasteiger partial charge in [-0.15, -0.1) is 0 Å². The van der Waals surface area contributed by atoms with Gasteiger partial charge in [0.1, 0.15) is 0 Å². The Bertz CT molecular complexity index is 644. The first-order valence-electron chi connectivity index (χ1n) is 6.40. The molecule has 1 aliphatic rings. The molecule has 3 heteroatoms. The van der Waals surface area contributed by atoms with Gasteiger partial charge in [-0.25, -0.2) is 4.79 Å². The van der Waals surface area contributed by atoms with Crippen LogP contribution in [-0.2, 0) is 14.3 Å². The first-order valence-corrected chi connectivity index (χ1v) is 6.40. The number of rotatable bonds is 3. The zero-order chi connectivity index (χ0) is 13.9. The third-order valence-electron chi connectivity index (χ3n) is 3.28. The monoisotopic (exact) mass is 266 g/mol. The number of methoxy groups -OCH3 is 1. The highest BCUT2D eigenvalue weighted by Gasteiger charge is 2.35. The van der Waals surface area contributed by atoms with Crippen LogP contribution in [0.5, 0.6) is 0 Å². The number of carbonyl (C=O) groups excluding carboxylic acids is 1. The number of hydrogen-bond acceptors (Lipinski definition) is 3. The third kappa shape index (κ3) is 2.12. The Labute approximate surface area is 117 Å². The summed E-state index contributed by atoms with van der Waals surface area (Å²) in [6.07, 6.45) is -0.653. The molecule has 1 atom stereocenters. The molecule has 20 heavy (non-hydrogen) atoms. The summed E-state index contributed by atoms with van der Waals surface area (Å²) in [5.41, 5.74) is 3.13. The van der Waals surface area contributed by atoms with Crippen molar-refractivity contribution in [1.82, 2.24) is 0 Å². The molecule has 0 bridgehead atoms. The lowest BCUT2D eigenvalue weighted by Gasteiger charge is -2.12. The van der Waals surface area contributed by atoms with Gasteiger partial charge < -0.3 is 9.47 Å². The van der Waals surface area contributed by atoms with Crippen LogP contribution < -0.4 is 0 Å². The molecule has 1 aliphatic heterocycles. The van der Waals surface area contributed by atoms with E-state index in [0.29, 0.717) is 5.57 Å². The first-order chi connectivity index (χ1) is 9.81. The highest BCUT2D eigenvalue weighted by molar-refractivity contribution is 6.27. The molecule has 0 radical (unpaired) electrons. The number of cyclic esters (lactones) is 1. The van der Waals surface area contributed by atoms with Crippen molar-refractivity contribution in [2.75, 3.05) is 7.11 Å². The maximum absolute atomic E-state index is 12.2. The van der Waals surface area contributed by atoms with Gasteiger partial charge in [0.15, 0.2) is 0 Å². The lowest BCUT2D eigenvalue weighted by Crippen LogP contribution is -2.13. The fraction of sp³-hybridized carbons (Fsp3) is 0.118. The van der Waals surface area contributed by atoms with Gasteiger partial charge in [-0.3, -0.25) is 0 Å². The van der Waals surface area contributed by atoms with Crippen molar-refractivity contribution in [3.05, 3.63) is 71.8 Å². The molecule has 0 aromatic heterocycles. The number of carbonyl (C=O) groups is 1. The van der Waals surface area contributed by atoms with Gasteiger partial charge in [-0.1, -0.05) is 60.7 Å². The minimum atomic E-state index is -0.653. The Morgan fingerprint density at radius 2 is 1.45 bits per heavy atom. The molecule has 0 amide bonds. The van der Waals surface area contributed by atoms with Gasteiger partial charge in [0.2, 0.25) is 6.29 Å². The van der Waals surface area contributed by atoms with Gasteiger partial charge in [0.05, 0.1) is 5.57 Å². The van der Waals surface area contributed by atoms with Gasteiger partial charge in [-0.2, -0.15) is 0 Å². The van der Waals surface area contributed by atoms with Crippen molar-refractivity contribution in [2.45, 2.75) is 6.29 Å². The molecule has 2 aromatic carbocycles. The third-order valence-corrected chi connectivity index (χ3v) is 3.28. The fourth-order valence-corrected chi connectivity index (χ4v) is 2.39. The molecule has 0 saturated carbocycles. The predicted octanol–water partition coefficient (Wildman–Crippen LogP) is 3.13. The Balaban J connectivity index is 2.20. The Morgan fingerprint density at radius 1 is 0.900 bits per heavy atom. The van der Waals surface area contributed by atoms with Crippen LogP contribution in [0.25, 0.3) is 11.1 Å².